The molecule has 2 aromatic rings. The molecule has 1 aliphatic rings. The van der Waals surface area contributed by atoms with Gasteiger partial charge in [0.05, 0.1) is 17.6 Å². The number of benzene rings is 2. The number of nitrogens with zero attached hydrogens (tertiary/aromatic N) is 1. The molecule has 1 unspecified atom stereocenters. The van der Waals surface area contributed by atoms with Gasteiger partial charge >= 0.3 is 0 Å². The molecule has 1 fully saturated rings. The van der Waals surface area contributed by atoms with E-state index in [0.717, 1.165) is 15.6 Å². The molecule has 6 heteroatoms. The van der Waals surface area contributed by atoms with Crippen LogP contribution in [-0.4, -0.2) is 32.4 Å². The van der Waals surface area contributed by atoms with Crippen LogP contribution in [0.1, 0.15) is 17.2 Å². The van der Waals surface area contributed by atoms with Crippen molar-refractivity contribution in [3.63, 3.8) is 0 Å². The van der Waals surface area contributed by atoms with Crippen molar-refractivity contribution in [2.24, 2.45) is 0 Å². The Bertz CT molecular complexity index is 790. The quantitative estimate of drug-likeness (QED) is 0.798. The number of rotatable bonds is 3. The standard InChI is InChI=1S/C17H18BrNO3S/c1-13-4-2-3-5-16(13)17-12-19(10-11-22-17)23(20,21)15-8-6-14(18)7-9-15/h2-9,17H,10-12H2,1H3. The van der Waals surface area contributed by atoms with Gasteiger partial charge in [-0.25, -0.2) is 8.42 Å². The molecule has 23 heavy (non-hydrogen) atoms. The summed E-state index contributed by atoms with van der Waals surface area (Å²) in [6.45, 7) is 3.12. The third kappa shape index (κ3) is 3.50. The summed E-state index contributed by atoms with van der Waals surface area (Å²) in [6, 6.07) is 14.7. The van der Waals surface area contributed by atoms with Gasteiger partial charge in [-0.05, 0) is 42.3 Å². The second kappa shape index (κ2) is 6.73. The van der Waals surface area contributed by atoms with E-state index in [1.54, 1.807) is 24.3 Å². The average molecular weight is 396 g/mol. The lowest BCUT2D eigenvalue weighted by Gasteiger charge is -2.33. The van der Waals surface area contributed by atoms with Gasteiger partial charge in [-0.2, -0.15) is 4.31 Å². The van der Waals surface area contributed by atoms with Crippen molar-refractivity contribution in [2.45, 2.75) is 17.9 Å². The van der Waals surface area contributed by atoms with Gasteiger partial charge in [-0.15, -0.1) is 0 Å². The van der Waals surface area contributed by atoms with Gasteiger partial charge in [0.2, 0.25) is 10.0 Å². The fourth-order valence-corrected chi connectivity index (χ4v) is 4.42. The average Bonchev–Trinajstić information content (AvgIpc) is 2.56. The van der Waals surface area contributed by atoms with Crippen molar-refractivity contribution >= 4 is 26.0 Å². The topological polar surface area (TPSA) is 46.6 Å². The first-order valence-corrected chi connectivity index (χ1v) is 9.64. The van der Waals surface area contributed by atoms with Crippen LogP contribution in [-0.2, 0) is 14.8 Å². The van der Waals surface area contributed by atoms with Crippen LogP contribution in [0.15, 0.2) is 57.9 Å². The monoisotopic (exact) mass is 395 g/mol. The summed E-state index contributed by atoms with van der Waals surface area (Å²) in [5.74, 6) is 0. The zero-order valence-corrected chi connectivity index (χ0v) is 15.2. The SMILES string of the molecule is Cc1ccccc1C1CN(S(=O)(=O)c2ccc(Br)cc2)CCO1. The van der Waals surface area contributed by atoms with Gasteiger partial charge < -0.3 is 4.74 Å². The minimum atomic E-state index is -3.50. The maximum absolute atomic E-state index is 12.8. The van der Waals surface area contributed by atoms with Crippen LogP contribution in [0.4, 0.5) is 0 Å². The molecule has 1 atom stereocenters. The number of morpholine rings is 1. The van der Waals surface area contributed by atoms with E-state index in [2.05, 4.69) is 15.9 Å². The second-order valence-electron chi connectivity index (χ2n) is 5.53. The first-order valence-electron chi connectivity index (χ1n) is 7.41. The zero-order valence-electron chi connectivity index (χ0n) is 12.8. The van der Waals surface area contributed by atoms with Crippen LogP contribution in [0.25, 0.3) is 0 Å². The Morgan fingerprint density at radius 2 is 1.83 bits per heavy atom. The van der Waals surface area contributed by atoms with E-state index >= 15 is 0 Å². The lowest BCUT2D eigenvalue weighted by atomic mass is 10.0. The van der Waals surface area contributed by atoms with E-state index in [-0.39, 0.29) is 6.10 Å². The van der Waals surface area contributed by atoms with Crippen molar-refractivity contribution < 1.29 is 13.2 Å². The lowest BCUT2D eigenvalue weighted by molar-refractivity contribution is -0.00288. The minimum Gasteiger partial charge on any atom is -0.371 e. The van der Waals surface area contributed by atoms with Gasteiger partial charge in [0, 0.05) is 17.6 Å². The molecule has 0 bridgehead atoms. The molecule has 4 nitrogen and oxygen atoms in total. The maximum atomic E-state index is 12.8. The van der Waals surface area contributed by atoms with Crippen molar-refractivity contribution in [1.29, 1.82) is 0 Å². The predicted molar refractivity (Wildman–Crippen MR) is 92.8 cm³/mol. The molecule has 0 radical (unpaired) electrons. The summed E-state index contributed by atoms with van der Waals surface area (Å²) in [4.78, 5) is 0.311. The molecule has 1 saturated heterocycles. The number of halogens is 1. The van der Waals surface area contributed by atoms with Crippen molar-refractivity contribution in [3.8, 4) is 0 Å². The van der Waals surface area contributed by atoms with Gasteiger partial charge in [0.1, 0.15) is 0 Å². The fraction of sp³-hybridized carbons (Fsp3) is 0.294. The van der Waals surface area contributed by atoms with Crippen LogP contribution < -0.4 is 0 Å². The maximum Gasteiger partial charge on any atom is 0.243 e. The first kappa shape index (κ1) is 16.6. The van der Waals surface area contributed by atoms with Crippen molar-refractivity contribution in [2.75, 3.05) is 19.7 Å². The fourth-order valence-electron chi connectivity index (χ4n) is 2.74. The van der Waals surface area contributed by atoms with Gasteiger partial charge in [0.15, 0.2) is 0 Å². The molecular weight excluding hydrogens is 378 g/mol. The summed E-state index contributed by atoms with van der Waals surface area (Å²) >= 11 is 3.33. The molecule has 0 amide bonds. The Kier molecular flexibility index (Phi) is 4.87. The summed E-state index contributed by atoms with van der Waals surface area (Å²) in [7, 11) is -3.50. The molecule has 3 rings (SSSR count). The first-order chi connectivity index (χ1) is 11.0. The van der Waals surface area contributed by atoms with Crippen LogP contribution in [0, 0.1) is 6.92 Å². The third-order valence-electron chi connectivity index (χ3n) is 4.02. The molecular formula is C17H18BrNO3S. The molecule has 0 saturated carbocycles. The molecule has 1 aliphatic heterocycles. The number of sulfonamides is 1. The van der Waals surface area contributed by atoms with Crippen LogP contribution in [0.5, 0.6) is 0 Å². The van der Waals surface area contributed by atoms with Crippen LogP contribution >= 0.6 is 15.9 Å². The van der Waals surface area contributed by atoms with Gasteiger partial charge in [0.25, 0.3) is 0 Å². The Labute approximate surface area is 145 Å². The highest BCUT2D eigenvalue weighted by atomic mass is 79.9. The second-order valence-corrected chi connectivity index (χ2v) is 8.39. The Morgan fingerprint density at radius 1 is 1.13 bits per heavy atom. The summed E-state index contributed by atoms with van der Waals surface area (Å²) < 4.78 is 33.8. The molecule has 1 heterocycles. The van der Waals surface area contributed by atoms with Gasteiger partial charge in [-0.3, -0.25) is 0 Å². The third-order valence-corrected chi connectivity index (χ3v) is 6.42. The van der Waals surface area contributed by atoms with Crippen LogP contribution in [0.2, 0.25) is 0 Å². The van der Waals surface area contributed by atoms with E-state index in [1.165, 1.54) is 4.31 Å². The van der Waals surface area contributed by atoms with E-state index in [4.69, 9.17) is 4.74 Å². The number of aryl methyl sites for hydroxylation is 1. The Morgan fingerprint density at radius 3 is 2.52 bits per heavy atom. The predicted octanol–water partition coefficient (Wildman–Crippen LogP) is 3.52. The summed E-state index contributed by atoms with van der Waals surface area (Å²) in [6.07, 6.45) is -0.227. The van der Waals surface area contributed by atoms with Crippen molar-refractivity contribution in [3.05, 3.63) is 64.1 Å². The Hall–Kier alpha value is -1.21. The Balaban J connectivity index is 1.86. The molecule has 0 N–H and O–H groups in total. The zero-order chi connectivity index (χ0) is 16.4. The number of hydrogen-bond donors (Lipinski definition) is 0. The normalized spacial score (nSPS) is 19.7. The van der Waals surface area contributed by atoms with Gasteiger partial charge in [-0.1, -0.05) is 40.2 Å². The molecule has 0 aromatic heterocycles. The van der Waals surface area contributed by atoms with E-state index in [1.807, 2.05) is 31.2 Å². The minimum absolute atomic E-state index is 0.227. The van der Waals surface area contributed by atoms with E-state index in [9.17, 15) is 8.42 Å². The number of ether oxygens (including phenoxy) is 1. The summed E-state index contributed by atoms with van der Waals surface area (Å²) in [5.41, 5.74) is 2.16. The van der Waals surface area contributed by atoms with E-state index in [0.29, 0.717) is 24.6 Å². The highest BCUT2D eigenvalue weighted by Crippen LogP contribution is 2.28. The molecule has 0 aliphatic carbocycles. The largest absolute Gasteiger partial charge is 0.371 e. The highest BCUT2D eigenvalue weighted by Gasteiger charge is 2.31. The lowest BCUT2D eigenvalue weighted by Crippen LogP contribution is -2.42. The molecule has 122 valence electrons. The molecule has 2 aromatic carbocycles. The highest BCUT2D eigenvalue weighted by molar-refractivity contribution is 9.10. The van der Waals surface area contributed by atoms with Crippen LogP contribution in [0.3, 0.4) is 0 Å². The molecule has 0 spiro atoms. The van der Waals surface area contributed by atoms with E-state index < -0.39 is 10.0 Å². The number of hydrogen-bond acceptors (Lipinski definition) is 3. The summed E-state index contributed by atoms with van der Waals surface area (Å²) in [5, 5.41) is 0. The smallest absolute Gasteiger partial charge is 0.243 e. The van der Waals surface area contributed by atoms with Crippen molar-refractivity contribution in [1.82, 2.24) is 4.31 Å².